The molecule has 0 spiro atoms. The van der Waals surface area contributed by atoms with Crippen molar-refractivity contribution in [3.63, 3.8) is 0 Å². The average molecular weight is 510 g/mol. The van der Waals surface area contributed by atoms with Crippen LogP contribution in [0.2, 0.25) is 0 Å². The number of nitrogens with two attached hydrogens (primary N) is 1. The summed E-state index contributed by atoms with van der Waals surface area (Å²) < 4.78 is 15.7. The lowest BCUT2D eigenvalue weighted by Crippen LogP contribution is -2.54. The fourth-order valence-electron chi connectivity index (χ4n) is 3.83. The Morgan fingerprint density at radius 3 is 2.38 bits per heavy atom. The highest BCUT2D eigenvalue weighted by molar-refractivity contribution is 5.91. The Morgan fingerprint density at radius 2 is 1.73 bits per heavy atom. The van der Waals surface area contributed by atoms with Crippen molar-refractivity contribution in [3.8, 4) is 5.75 Å². The predicted octanol–water partition coefficient (Wildman–Crippen LogP) is 2.66. The van der Waals surface area contributed by atoms with Gasteiger partial charge < -0.3 is 30.3 Å². The van der Waals surface area contributed by atoms with Gasteiger partial charge >= 0.3 is 11.7 Å². The summed E-state index contributed by atoms with van der Waals surface area (Å²) in [5, 5.41) is 5.76. The molecule has 4 N–H and O–H groups in total. The quantitative estimate of drug-likeness (QED) is 0.336. The molecule has 0 aliphatic heterocycles. The zero-order valence-electron chi connectivity index (χ0n) is 21.0. The molecule has 0 fully saturated rings. The summed E-state index contributed by atoms with van der Waals surface area (Å²) in [7, 11) is 1.49. The zero-order valence-corrected chi connectivity index (χ0v) is 21.0. The highest BCUT2D eigenvalue weighted by Gasteiger charge is 2.27. The summed E-state index contributed by atoms with van der Waals surface area (Å²) in [6, 6.07) is 13.2. The third-order valence-corrected chi connectivity index (χ3v) is 5.65. The first kappa shape index (κ1) is 27.3. The summed E-state index contributed by atoms with van der Waals surface area (Å²) in [4.78, 5) is 49.9. The van der Waals surface area contributed by atoms with E-state index in [2.05, 4.69) is 10.6 Å². The van der Waals surface area contributed by atoms with E-state index >= 15 is 0 Å². The SMILES string of the molecule is COc1ccc2c(C[C@H](NC(=O)[C@H](CC(C)C)NC(=O)OCc3ccccc3)C(N)=O)cc(=O)oc2c1. The predicted molar refractivity (Wildman–Crippen MR) is 137 cm³/mol. The minimum absolute atomic E-state index is 0.0427. The maximum Gasteiger partial charge on any atom is 0.408 e. The Hall–Kier alpha value is -4.34. The molecule has 0 saturated heterocycles. The molecule has 3 rings (SSSR count). The Labute approximate surface area is 214 Å². The van der Waals surface area contributed by atoms with Gasteiger partial charge in [0.1, 0.15) is 30.0 Å². The second-order valence-electron chi connectivity index (χ2n) is 9.01. The van der Waals surface area contributed by atoms with Crippen LogP contribution >= 0.6 is 0 Å². The Balaban J connectivity index is 1.74. The standard InChI is InChI=1S/C27H31N3O7/c1-16(2)11-22(30-27(34)36-15-17-7-5-4-6-8-17)26(33)29-21(25(28)32)12-18-13-24(31)37-23-14-19(35-3)9-10-20(18)23/h4-10,13-14,16,21-22H,11-12,15H2,1-3H3,(H2,28,32)(H,29,33)(H,30,34)/t21-,22-/m0/s1. The number of methoxy groups -OCH3 is 1. The summed E-state index contributed by atoms with van der Waals surface area (Å²) in [5.74, 6) is -0.842. The van der Waals surface area contributed by atoms with Crippen LogP contribution in [0.25, 0.3) is 11.0 Å². The molecule has 1 aromatic heterocycles. The number of carbonyl (C=O) groups is 3. The third kappa shape index (κ3) is 7.83. The van der Waals surface area contributed by atoms with Crippen molar-refractivity contribution in [2.75, 3.05) is 7.11 Å². The van der Waals surface area contributed by atoms with Gasteiger partial charge in [-0.2, -0.15) is 0 Å². The number of amides is 3. The zero-order chi connectivity index (χ0) is 26.9. The van der Waals surface area contributed by atoms with Gasteiger partial charge in [-0.1, -0.05) is 44.2 Å². The highest BCUT2D eigenvalue weighted by Crippen LogP contribution is 2.23. The Bertz CT molecular complexity index is 1300. The topological polar surface area (TPSA) is 150 Å². The molecule has 0 aliphatic rings. The largest absolute Gasteiger partial charge is 0.497 e. The number of carbonyl (C=O) groups excluding carboxylic acids is 3. The van der Waals surface area contributed by atoms with Gasteiger partial charge in [-0.05, 0) is 35.6 Å². The highest BCUT2D eigenvalue weighted by atomic mass is 16.5. The van der Waals surface area contributed by atoms with Crippen LogP contribution in [-0.2, 0) is 27.4 Å². The number of nitrogens with one attached hydrogen (secondary N) is 2. The van der Waals surface area contributed by atoms with E-state index in [1.165, 1.54) is 13.2 Å². The van der Waals surface area contributed by atoms with Crippen LogP contribution in [0.1, 0.15) is 31.4 Å². The molecule has 0 saturated carbocycles. The average Bonchev–Trinajstić information content (AvgIpc) is 2.86. The lowest BCUT2D eigenvalue weighted by molar-refractivity contribution is -0.128. The molecule has 37 heavy (non-hydrogen) atoms. The molecular formula is C27H31N3O7. The number of fused-ring (bicyclic) bond motifs is 1. The Morgan fingerprint density at radius 1 is 1.00 bits per heavy atom. The van der Waals surface area contributed by atoms with E-state index in [9.17, 15) is 19.2 Å². The normalized spacial score (nSPS) is 12.5. The van der Waals surface area contributed by atoms with E-state index in [4.69, 9.17) is 19.6 Å². The summed E-state index contributed by atoms with van der Waals surface area (Å²) in [6.45, 7) is 3.83. The van der Waals surface area contributed by atoms with Crippen LogP contribution in [0.5, 0.6) is 5.75 Å². The van der Waals surface area contributed by atoms with Crippen LogP contribution in [-0.4, -0.2) is 37.1 Å². The van der Waals surface area contributed by atoms with Crippen molar-refractivity contribution in [1.82, 2.24) is 10.6 Å². The lowest BCUT2D eigenvalue weighted by atomic mass is 10.00. The van der Waals surface area contributed by atoms with Crippen molar-refractivity contribution in [2.24, 2.45) is 11.7 Å². The molecule has 1 heterocycles. The van der Waals surface area contributed by atoms with E-state index in [1.54, 1.807) is 18.2 Å². The molecule has 2 atom stereocenters. The van der Waals surface area contributed by atoms with Crippen molar-refractivity contribution in [1.29, 1.82) is 0 Å². The molecule has 10 nitrogen and oxygen atoms in total. The smallest absolute Gasteiger partial charge is 0.408 e. The summed E-state index contributed by atoms with van der Waals surface area (Å²) in [6.07, 6.45) is -0.515. The molecular weight excluding hydrogens is 478 g/mol. The first-order chi connectivity index (χ1) is 17.7. The fourth-order valence-corrected chi connectivity index (χ4v) is 3.83. The maximum absolute atomic E-state index is 13.1. The number of benzene rings is 2. The number of primary amides is 1. The van der Waals surface area contributed by atoms with Crippen molar-refractivity contribution in [3.05, 3.63) is 76.1 Å². The van der Waals surface area contributed by atoms with E-state index in [-0.39, 0.29) is 24.5 Å². The minimum atomic E-state index is -1.14. The molecule has 196 valence electrons. The van der Waals surface area contributed by atoms with Gasteiger partial charge in [0.2, 0.25) is 11.8 Å². The first-order valence-corrected chi connectivity index (χ1v) is 11.8. The Kier molecular flexibility index (Phi) is 9.26. The number of hydrogen-bond donors (Lipinski definition) is 3. The maximum atomic E-state index is 13.1. The van der Waals surface area contributed by atoms with Gasteiger partial charge in [0.15, 0.2) is 0 Å². The van der Waals surface area contributed by atoms with Gasteiger partial charge in [-0.25, -0.2) is 9.59 Å². The van der Waals surface area contributed by atoms with Gasteiger partial charge in [-0.15, -0.1) is 0 Å². The number of alkyl carbamates (subject to hydrolysis) is 1. The van der Waals surface area contributed by atoms with Crippen molar-refractivity contribution < 1.29 is 28.3 Å². The second kappa shape index (κ2) is 12.6. The molecule has 10 heteroatoms. The van der Waals surface area contributed by atoms with Gasteiger partial charge in [-0.3, -0.25) is 9.59 Å². The monoisotopic (exact) mass is 509 g/mol. The summed E-state index contributed by atoms with van der Waals surface area (Å²) in [5.41, 5.74) is 6.51. The number of ether oxygens (including phenoxy) is 2. The van der Waals surface area contributed by atoms with E-state index in [0.29, 0.717) is 23.1 Å². The molecule has 0 radical (unpaired) electrons. The lowest BCUT2D eigenvalue weighted by Gasteiger charge is -2.23. The molecule has 0 unspecified atom stereocenters. The van der Waals surface area contributed by atoms with Crippen LogP contribution in [0.15, 0.2) is 63.8 Å². The van der Waals surface area contributed by atoms with E-state index in [0.717, 1.165) is 5.56 Å². The van der Waals surface area contributed by atoms with Gasteiger partial charge in [0, 0.05) is 23.9 Å². The number of hydrogen-bond acceptors (Lipinski definition) is 7. The molecule has 0 aliphatic carbocycles. The van der Waals surface area contributed by atoms with Crippen molar-refractivity contribution in [2.45, 2.75) is 45.4 Å². The first-order valence-electron chi connectivity index (χ1n) is 11.8. The van der Waals surface area contributed by atoms with Crippen LogP contribution in [0.3, 0.4) is 0 Å². The molecule has 3 aromatic rings. The number of rotatable bonds is 11. The summed E-state index contributed by atoms with van der Waals surface area (Å²) >= 11 is 0. The van der Waals surface area contributed by atoms with Crippen LogP contribution in [0, 0.1) is 5.92 Å². The molecule has 0 bridgehead atoms. The van der Waals surface area contributed by atoms with E-state index in [1.807, 2.05) is 44.2 Å². The van der Waals surface area contributed by atoms with Crippen molar-refractivity contribution >= 4 is 28.9 Å². The molecule has 3 amide bonds. The van der Waals surface area contributed by atoms with Gasteiger partial charge in [0.05, 0.1) is 7.11 Å². The minimum Gasteiger partial charge on any atom is -0.497 e. The van der Waals surface area contributed by atoms with Crippen LogP contribution < -0.4 is 26.7 Å². The van der Waals surface area contributed by atoms with Crippen LogP contribution in [0.4, 0.5) is 4.79 Å². The van der Waals surface area contributed by atoms with Gasteiger partial charge in [0.25, 0.3) is 0 Å². The molecule has 2 aromatic carbocycles. The van der Waals surface area contributed by atoms with E-state index < -0.39 is 35.6 Å². The third-order valence-electron chi connectivity index (χ3n) is 5.65. The fraction of sp³-hybridized carbons (Fsp3) is 0.333. The second-order valence-corrected chi connectivity index (χ2v) is 9.01.